The third-order valence-corrected chi connectivity index (χ3v) is 3.20. The molecule has 3 nitrogen and oxygen atoms in total. The number of unbranched alkanes of at least 4 members (excludes halogenated alkanes) is 3. The maximum atomic E-state index is 8.61. The lowest BCUT2D eigenvalue weighted by molar-refractivity contribution is 0.105. The molecule has 0 spiro atoms. The Morgan fingerprint density at radius 1 is 1.27 bits per heavy atom. The highest BCUT2D eigenvalue weighted by Crippen LogP contribution is 2.19. The van der Waals surface area contributed by atoms with Gasteiger partial charge in [-0.1, -0.05) is 12.8 Å². The summed E-state index contributed by atoms with van der Waals surface area (Å²) < 4.78 is 5.51. The van der Waals surface area contributed by atoms with Crippen molar-refractivity contribution in [3.05, 3.63) is 0 Å². The summed E-state index contributed by atoms with van der Waals surface area (Å²) in [6, 6.07) is 0. The number of ether oxygens (including phenoxy) is 1. The van der Waals surface area contributed by atoms with E-state index in [1.54, 1.807) is 0 Å². The van der Waals surface area contributed by atoms with E-state index in [2.05, 4.69) is 12.2 Å². The second kappa shape index (κ2) is 8.08. The van der Waals surface area contributed by atoms with Crippen LogP contribution < -0.4 is 5.32 Å². The van der Waals surface area contributed by atoms with E-state index >= 15 is 0 Å². The highest BCUT2D eigenvalue weighted by molar-refractivity contribution is 4.74. The van der Waals surface area contributed by atoms with E-state index in [0.717, 1.165) is 32.5 Å². The summed E-state index contributed by atoms with van der Waals surface area (Å²) in [6.45, 7) is 5.64. The summed E-state index contributed by atoms with van der Waals surface area (Å²) >= 11 is 0. The van der Waals surface area contributed by atoms with Gasteiger partial charge in [-0.05, 0) is 38.6 Å². The fourth-order valence-electron chi connectivity index (χ4n) is 2.05. The summed E-state index contributed by atoms with van der Waals surface area (Å²) in [5, 5.41) is 12.1. The van der Waals surface area contributed by atoms with Crippen LogP contribution in [0.15, 0.2) is 0 Å². The van der Waals surface area contributed by atoms with Gasteiger partial charge in [-0.15, -0.1) is 0 Å². The van der Waals surface area contributed by atoms with Crippen LogP contribution in [0.5, 0.6) is 0 Å². The van der Waals surface area contributed by atoms with Crippen molar-refractivity contribution in [2.45, 2.75) is 45.1 Å². The Hall–Kier alpha value is -0.120. The molecule has 1 fully saturated rings. The number of hydrogen-bond donors (Lipinski definition) is 2. The van der Waals surface area contributed by atoms with Crippen LogP contribution in [0, 0.1) is 5.92 Å². The van der Waals surface area contributed by atoms with Crippen molar-refractivity contribution in [3.8, 4) is 0 Å². The molecule has 2 atom stereocenters. The molecule has 3 heteroatoms. The number of hydrogen-bond acceptors (Lipinski definition) is 3. The Bertz CT molecular complexity index is 153. The van der Waals surface area contributed by atoms with Gasteiger partial charge >= 0.3 is 0 Å². The Labute approximate surface area is 93.2 Å². The summed E-state index contributed by atoms with van der Waals surface area (Å²) in [5.74, 6) is 0.711. The first-order chi connectivity index (χ1) is 7.34. The van der Waals surface area contributed by atoms with Crippen LogP contribution in [-0.4, -0.2) is 37.5 Å². The molecule has 2 unspecified atom stereocenters. The minimum Gasteiger partial charge on any atom is -0.396 e. The van der Waals surface area contributed by atoms with E-state index in [1.807, 2.05) is 0 Å². The minimum atomic E-state index is 0.338. The van der Waals surface area contributed by atoms with E-state index < -0.39 is 0 Å². The quantitative estimate of drug-likeness (QED) is 0.604. The molecule has 0 aromatic carbocycles. The van der Waals surface area contributed by atoms with Crippen molar-refractivity contribution < 1.29 is 9.84 Å². The summed E-state index contributed by atoms with van der Waals surface area (Å²) in [6.07, 6.45) is 6.20. The highest BCUT2D eigenvalue weighted by Gasteiger charge is 2.23. The first-order valence-electron chi connectivity index (χ1n) is 6.27. The molecule has 1 rings (SSSR count). The van der Waals surface area contributed by atoms with Gasteiger partial charge in [0.15, 0.2) is 0 Å². The highest BCUT2D eigenvalue weighted by atomic mass is 16.5. The SMILES string of the molecule is CC1OCCC1CNCCCCCCO. The molecule has 0 saturated carbocycles. The number of aliphatic hydroxyl groups excluding tert-OH is 1. The van der Waals surface area contributed by atoms with Gasteiger partial charge in [0.25, 0.3) is 0 Å². The van der Waals surface area contributed by atoms with E-state index in [0.29, 0.717) is 18.6 Å². The number of nitrogens with one attached hydrogen (secondary N) is 1. The first kappa shape index (κ1) is 12.9. The van der Waals surface area contributed by atoms with Gasteiger partial charge in [0.05, 0.1) is 6.10 Å². The van der Waals surface area contributed by atoms with Crippen LogP contribution in [0.25, 0.3) is 0 Å². The second-order valence-electron chi connectivity index (χ2n) is 4.47. The molecule has 15 heavy (non-hydrogen) atoms. The van der Waals surface area contributed by atoms with Gasteiger partial charge in [-0.2, -0.15) is 0 Å². The second-order valence-corrected chi connectivity index (χ2v) is 4.47. The molecule has 1 aliphatic rings. The largest absolute Gasteiger partial charge is 0.396 e. The molecular weight excluding hydrogens is 190 g/mol. The van der Waals surface area contributed by atoms with Crippen LogP contribution in [0.2, 0.25) is 0 Å². The molecule has 0 aliphatic carbocycles. The van der Waals surface area contributed by atoms with Gasteiger partial charge in [-0.3, -0.25) is 0 Å². The van der Waals surface area contributed by atoms with Crippen molar-refractivity contribution in [1.82, 2.24) is 5.32 Å². The van der Waals surface area contributed by atoms with Gasteiger partial charge < -0.3 is 15.2 Å². The van der Waals surface area contributed by atoms with Crippen LogP contribution in [0.4, 0.5) is 0 Å². The molecule has 0 radical (unpaired) electrons. The van der Waals surface area contributed by atoms with Crippen molar-refractivity contribution >= 4 is 0 Å². The van der Waals surface area contributed by atoms with Crippen LogP contribution in [0.3, 0.4) is 0 Å². The Balaban J connectivity index is 1.84. The Morgan fingerprint density at radius 2 is 2.07 bits per heavy atom. The zero-order chi connectivity index (χ0) is 10.9. The predicted molar refractivity (Wildman–Crippen MR) is 61.9 cm³/mol. The molecule has 0 aromatic rings. The van der Waals surface area contributed by atoms with Crippen molar-refractivity contribution in [2.24, 2.45) is 5.92 Å². The maximum absolute atomic E-state index is 8.61. The lowest BCUT2D eigenvalue weighted by Crippen LogP contribution is -2.27. The van der Waals surface area contributed by atoms with Crippen molar-refractivity contribution in [1.29, 1.82) is 0 Å². The third-order valence-electron chi connectivity index (χ3n) is 3.20. The molecule has 0 bridgehead atoms. The molecule has 0 amide bonds. The van der Waals surface area contributed by atoms with Crippen molar-refractivity contribution in [3.63, 3.8) is 0 Å². The van der Waals surface area contributed by atoms with E-state index in [9.17, 15) is 0 Å². The van der Waals surface area contributed by atoms with Gasteiger partial charge in [-0.25, -0.2) is 0 Å². The van der Waals surface area contributed by atoms with Crippen LogP contribution in [-0.2, 0) is 4.74 Å². The zero-order valence-electron chi connectivity index (χ0n) is 9.87. The molecule has 1 aliphatic heterocycles. The van der Waals surface area contributed by atoms with E-state index in [4.69, 9.17) is 9.84 Å². The average Bonchev–Trinajstić information content (AvgIpc) is 2.63. The number of aliphatic hydroxyl groups is 1. The van der Waals surface area contributed by atoms with Crippen LogP contribution in [0.1, 0.15) is 39.0 Å². The lowest BCUT2D eigenvalue weighted by Gasteiger charge is -2.14. The fraction of sp³-hybridized carbons (Fsp3) is 1.00. The fourth-order valence-corrected chi connectivity index (χ4v) is 2.05. The molecule has 90 valence electrons. The number of rotatable bonds is 8. The Kier molecular flexibility index (Phi) is 6.98. The topological polar surface area (TPSA) is 41.5 Å². The van der Waals surface area contributed by atoms with Gasteiger partial charge in [0.1, 0.15) is 0 Å². The lowest BCUT2D eigenvalue weighted by atomic mass is 10.0. The van der Waals surface area contributed by atoms with E-state index in [-0.39, 0.29) is 0 Å². The smallest absolute Gasteiger partial charge is 0.0588 e. The third kappa shape index (κ3) is 5.50. The summed E-state index contributed by atoms with van der Waals surface area (Å²) in [5.41, 5.74) is 0. The minimum absolute atomic E-state index is 0.338. The van der Waals surface area contributed by atoms with E-state index in [1.165, 1.54) is 19.3 Å². The Morgan fingerprint density at radius 3 is 2.73 bits per heavy atom. The maximum Gasteiger partial charge on any atom is 0.0588 e. The molecule has 0 aromatic heterocycles. The standard InChI is InChI=1S/C12H25NO2/c1-11-12(6-9-15-11)10-13-7-4-2-3-5-8-14/h11-14H,2-10H2,1H3. The predicted octanol–water partition coefficient (Wildman–Crippen LogP) is 1.55. The molecule has 2 N–H and O–H groups in total. The van der Waals surface area contributed by atoms with Gasteiger partial charge in [0.2, 0.25) is 0 Å². The van der Waals surface area contributed by atoms with Gasteiger partial charge in [0, 0.05) is 19.8 Å². The summed E-state index contributed by atoms with van der Waals surface area (Å²) in [7, 11) is 0. The first-order valence-corrected chi connectivity index (χ1v) is 6.27. The molecule has 1 heterocycles. The van der Waals surface area contributed by atoms with Crippen molar-refractivity contribution in [2.75, 3.05) is 26.3 Å². The molecular formula is C12H25NO2. The molecule has 1 saturated heterocycles. The normalized spacial score (nSPS) is 26.0. The summed E-state index contributed by atoms with van der Waals surface area (Å²) in [4.78, 5) is 0. The zero-order valence-corrected chi connectivity index (χ0v) is 9.87. The monoisotopic (exact) mass is 215 g/mol. The average molecular weight is 215 g/mol. The van der Waals surface area contributed by atoms with Crippen LogP contribution >= 0.6 is 0 Å².